The van der Waals surface area contributed by atoms with Gasteiger partial charge in [0.25, 0.3) is 5.91 Å². The van der Waals surface area contributed by atoms with Gasteiger partial charge in [-0.15, -0.1) is 0 Å². The molecule has 114 valence electrons. The molecule has 0 fully saturated rings. The fourth-order valence-corrected chi connectivity index (χ4v) is 1.58. The Bertz CT molecular complexity index is 565. The lowest BCUT2D eigenvalue weighted by Crippen LogP contribution is -2.52. The van der Waals surface area contributed by atoms with E-state index in [1.165, 1.54) is 0 Å². The Morgan fingerprint density at radius 2 is 2.00 bits per heavy atom. The van der Waals surface area contributed by atoms with E-state index in [0.717, 1.165) is 0 Å². The molecule has 0 spiro atoms. The number of nitrogens with one attached hydrogen (secondary N) is 1. The first kappa shape index (κ1) is 16.6. The standard InChI is InChI=1S/C15H22N4O2/c1-9(2)15(4,8-16)19-14(20)10(3)21-13-6-5-11(17)7-12(13)18/h5-7,9-10H,17-18H2,1-4H3,(H,19,20). The molecule has 1 rings (SSSR count). The number of nitrogens with zero attached hydrogens (tertiary/aromatic N) is 1. The maximum atomic E-state index is 12.2. The Labute approximate surface area is 125 Å². The lowest BCUT2D eigenvalue weighted by atomic mass is 9.90. The van der Waals surface area contributed by atoms with Crippen molar-refractivity contribution in [3.8, 4) is 11.8 Å². The van der Waals surface area contributed by atoms with Crippen LogP contribution >= 0.6 is 0 Å². The topological polar surface area (TPSA) is 114 Å². The molecule has 5 N–H and O–H groups in total. The second-order valence-corrected chi connectivity index (χ2v) is 5.52. The number of amides is 1. The van der Waals surface area contributed by atoms with Gasteiger partial charge in [0.1, 0.15) is 11.3 Å². The van der Waals surface area contributed by atoms with Crippen LogP contribution in [-0.4, -0.2) is 17.6 Å². The molecule has 0 aliphatic carbocycles. The average Bonchev–Trinajstić information content (AvgIpc) is 2.41. The van der Waals surface area contributed by atoms with Crippen LogP contribution < -0.4 is 21.5 Å². The van der Waals surface area contributed by atoms with Gasteiger partial charge in [0.15, 0.2) is 6.10 Å². The van der Waals surface area contributed by atoms with E-state index in [0.29, 0.717) is 17.1 Å². The van der Waals surface area contributed by atoms with Crippen LogP contribution in [0.5, 0.6) is 5.75 Å². The minimum Gasteiger partial charge on any atom is -0.479 e. The SMILES string of the molecule is CC(Oc1ccc(N)cc1N)C(=O)NC(C)(C#N)C(C)C. The molecule has 1 amide bonds. The lowest BCUT2D eigenvalue weighted by molar-refractivity contribution is -0.128. The van der Waals surface area contributed by atoms with Gasteiger partial charge in [0.2, 0.25) is 0 Å². The summed E-state index contributed by atoms with van der Waals surface area (Å²) in [4.78, 5) is 12.2. The van der Waals surface area contributed by atoms with Crippen molar-refractivity contribution in [2.24, 2.45) is 5.92 Å². The Hall–Kier alpha value is -2.42. The molecule has 2 unspecified atom stereocenters. The molecule has 1 aromatic carbocycles. The molecule has 2 atom stereocenters. The molecule has 0 bridgehead atoms. The third-order valence-corrected chi connectivity index (χ3v) is 3.48. The smallest absolute Gasteiger partial charge is 0.262 e. The lowest BCUT2D eigenvalue weighted by Gasteiger charge is -2.29. The zero-order valence-electron chi connectivity index (χ0n) is 12.8. The summed E-state index contributed by atoms with van der Waals surface area (Å²) >= 11 is 0. The van der Waals surface area contributed by atoms with Crippen LogP contribution in [0.25, 0.3) is 0 Å². The largest absolute Gasteiger partial charge is 0.479 e. The van der Waals surface area contributed by atoms with Gasteiger partial charge in [-0.3, -0.25) is 4.79 Å². The van der Waals surface area contributed by atoms with Gasteiger partial charge in [-0.25, -0.2) is 0 Å². The highest BCUT2D eigenvalue weighted by molar-refractivity contribution is 5.82. The summed E-state index contributed by atoms with van der Waals surface area (Å²) in [5.74, 6) is -0.0146. The highest BCUT2D eigenvalue weighted by Crippen LogP contribution is 2.25. The number of ether oxygens (including phenoxy) is 1. The quantitative estimate of drug-likeness (QED) is 0.714. The van der Waals surface area contributed by atoms with Gasteiger partial charge in [-0.1, -0.05) is 13.8 Å². The van der Waals surface area contributed by atoms with Gasteiger partial charge in [-0.2, -0.15) is 5.26 Å². The summed E-state index contributed by atoms with van der Waals surface area (Å²) in [6.45, 7) is 7.02. The summed E-state index contributed by atoms with van der Waals surface area (Å²) in [5, 5.41) is 11.9. The normalized spacial score (nSPS) is 14.9. The Morgan fingerprint density at radius 3 is 2.48 bits per heavy atom. The van der Waals surface area contributed by atoms with Crippen LogP contribution in [0.4, 0.5) is 11.4 Å². The highest BCUT2D eigenvalue weighted by Gasteiger charge is 2.32. The molecular formula is C15H22N4O2. The summed E-state index contributed by atoms with van der Waals surface area (Å²) in [6, 6.07) is 6.93. The van der Waals surface area contributed by atoms with Gasteiger partial charge >= 0.3 is 0 Å². The zero-order chi connectivity index (χ0) is 16.2. The van der Waals surface area contributed by atoms with E-state index >= 15 is 0 Å². The molecule has 6 nitrogen and oxygen atoms in total. The number of nitriles is 1. The molecule has 1 aromatic rings. The van der Waals surface area contributed by atoms with Crippen molar-refractivity contribution < 1.29 is 9.53 Å². The third-order valence-electron chi connectivity index (χ3n) is 3.48. The van der Waals surface area contributed by atoms with Crippen molar-refractivity contribution in [2.45, 2.75) is 39.3 Å². The molecule has 0 saturated heterocycles. The number of rotatable bonds is 5. The van der Waals surface area contributed by atoms with Crippen molar-refractivity contribution in [1.82, 2.24) is 5.32 Å². The number of carbonyl (C=O) groups excluding carboxylic acids is 1. The first-order valence-electron chi connectivity index (χ1n) is 6.74. The second-order valence-electron chi connectivity index (χ2n) is 5.52. The first-order valence-corrected chi connectivity index (χ1v) is 6.74. The molecule has 21 heavy (non-hydrogen) atoms. The number of benzene rings is 1. The molecule has 0 heterocycles. The van der Waals surface area contributed by atoms with Crippen molar-refractivity contribution in [1.29, 1.82) is 5.26 Å². The molecule has 0 aromatic heterocycles. The zero-order valence-corrected chi connectivity index (χ0v) is 12.8. The summed E-state index contributed by atoms with van der Waals surface area (Å²) in [7, 11) is 0. The number of anilines is 2. The van der Waals surface area contributed by atoms with Crippen molar-refractivity contribution in [3.63, 3.8) is 0 Å². The van der Waals surface area contributed by atoms with E-state index in [2.05, 4.69) is 11.4 Å². The first-order chi connectivity index (χ1) is 9.69. The van der Waals surface area contributed by atoms with Crippen LogP contribution in [0.2, 0.25) is 0 Å². The van der Waals surface area contributed by atoms with Gasteiger partial charge in [-0.05, 0) is 38.0 Å². The van der Waals surface area contributed by atoms with Crippen LogP contribution in [0.1, 0.15) is 27.7 Å². The van der Waals surface area contributed by atoms with E-state index < -0.39 is 11.6 Å². The number of hydrogen-bond donors (Lipinski definition) is 3. The van der Waals surface area contributed by atoms with Crippen molar-refractivity contribution >= 4 is 17.3 Å². The van der Waals surface area contributed by atoms with Gasteiger partial charge in [0.05, 0.1) is 11.8 Å². The third kappa shape index (κ3) is 4.02. The van der Waals surface area contributed by atoms with Crippen LogP contribution in [0, 0.1) is 17.2 Å². The average molecular weight is 290 g/mol. The van der Waals surface area contributed by atoms with E-state index in [1.54, 1.807) is 32.0 Å². The predicted octanol–water partition coefficient (Wildman–Crippen LogP) is 1.67. The second kappa shape index (κ2) is 6.35. The molecule has 0 aliphatic rings. The maximum Gasteiger partial charge on any atom is 0.262 e. The predicted molar refractivity (Wildman–Crippen MR) is 82.4 cm³/mol. The monoisotopic (exact) mass is 290 g/mol. The fraction of sp³-hybridized carbons (Fsp3) is 0.467. The van der Waals surface area contributed by atoms with Crippen LogP contribution in [0.15, 0.2) is 18.2 Å². The van der Waals surface area contributed by atoms with E-state index in [4.69, 9.17) is 16.2 Å². The highest BCUT2D eigenvalue weighted by atomic mass is 16.5. The fourth-order valence-electron chi connectivity index (χ4n) is 1.58. The van der Waals surface area contributed by atoms with E-state index in [-0.39, 0.29) is 11.8 Å². The van der Waals surface area contributed by atoms with Crippen LogP contribution in [-0.2, 0) is 4.79 Å². The number of hydrogen-bond acceptors (Lipinski definition) is 5. The summed E-state index contributed by atoms with van der Waals surface area (Å²) in [5.41, 5.74) is 11.3. The molecule has 0 saturated carbocycles. The number of nitrogens with two attached hydrogens (primary N) is 2. The van der Waals surface area contributed by atoms with E-state index in [9.17, 15) is 10.1 Å². The minimum atomic E-state index is -0.943. The number of carbonyl (C=O) groups is 1. The Balaban J connectivity index is 2.78. The minimum absolute atomic E-state index is 0.0276. The van der Waals surface area contributed by atoms with Crippen molar-refractivity contribution in [2.75, 3.05) is 11.5 Å². The molecular weight excluding hydrogens is 268 g/mol. The maximum absolute atomic E-state index is 12.2. The Kier molecular flexibility index (Phi) is 5.03. The van der Waals surface area contributed by atoms with Gasteiger partial charge < -0.3 is 21.5 Å². The summed E-state index contributed by atoms with van der Waals surface area (Å²) < 4.78 is 5.53. The van der Waals surface area contributed by atoms with Crippen LogP contribution in [0.3, 0.4) is 0 Å². The molecule has 6 heteroatoms. The molecule has 0 radical (unpaired) electrons. The molecule has 0 aliphatic heterocycles. The van der Waals surface area contributed by atoms with Gasteiger partial charge in [0, 0.05) is 5.69 Å². The van der Waals surface area contributed by atoms with Crippen molar-refractivity contribution in [3.05, 3.63) is 18.2 Å². The Morgan fingerprint density at radius 1 is 1.38 bits per heavy atom. The summed E-state index contributed by atoms with van der Waals surface area (Å²) in [6.07, 6.45) is -0.776. The number of nitrogen functional groups attached to an aromatic ring is 2. The van der Waals surface area contributed by atoms with E-state index in [1.807, 2.05) is 13.8 Å².